The van der Waals surface area contributed by atoms with E-state index in [2.05, 4.69) is 10.0 Å². The van der Waals surface area contributed by atoms with Gasteiger partial charge < -0.3 is 14.8 Å². The molecular formula is C27H32ClN3O5S. The van der Waals surface area contributed by atoms with Crippen molar-refractivity contribution >= 4 is 33.4 Å². The van der Waals surface area contributed by atoms with Gasteiger partial charge in [0.2, 0.25) is 5.91 Å². The summed E-state index contributed by atoms with van der Waals surface area (Å²) in [6.45, 7) is 2.94. The van der Waals surface area contributed by atoms with Crippen LogP contribution in [-0.2, 0) is 28.0 Å². The minimum atomic E-state index is -3.88. The molecule has 1 amide bonds. The number of benzene rings is 3. The molecule has 198 valence electrons. The Morgan fingerprint density at radius 3 is 2.30 bits per heavy atom. The minimum Gasteiger partial charge on any atom is -0.492 e. The van der Waals surface area contributed by atoms with Crippen LogP contribution in [0.3, 0.4) is 0 Å². The van der Waals surface area contributed by atoms with Gasteiger partial charge in [-0.25, -0.2) is 0 Å². The average molecular weight is 546 g/mol. The fourth-order valence-corrected chi connectivity index (χ4v) is 4.30. The van der Waals surface area contributed by atoms with Crippen LogP contribution in [0, 0.1) is 0 Å². The predicted octanol–water partition coefficient (Wildman–Crippen LogP) is 4.65. The summed E-state index contributed by atoms with van der Waals surface area (Å²) in [6.07, 6.45) is 0.964. The first kappa shape index (κ1) is 28.5. The SMILES string of the molecule is CCCOc1ccc(NC(=O)C(Cc2ccc(OCc3ccccc3)cc2)NS(=O)(=O)N(C)C)cc1Cl. The van der Waals surface area contributed by atoms with Crippen LogP contribution in [-0.4, -0.2) is 45.4 Å². The number of anilines is 1. The smallest absolute Gasteiger partial charge is 0.279 e. The van der Waals surface area contributed by atoms with Crippen molar-refractivity contribution in [3.05, 3.63) is 88.9 Å². The number of amides is 1. The van der Waals surface area contributed by atoms with Crippen molar-refractivity contribution in [2.45, 2.75) is 32.4 Å². The third kappa shape index (κ3) is 8.75. The fraction of sp³-hybridized carbons (Fsp3) is 0.296. The Morgan fingerprint density at radius 2 is 1.68 bits per heavy atom. The summed E-state index contributed by atoms with van der Waals surface area (Å²) in [4.78, 5) is 13.2. The van der Waals surface area contributed by atoms with Crippen molar-refractivity contribution in [2.24, 2.45) is 0 Å². The second-order valence-corrected chi connectivity index (χ2v) is 10.9. The molecular weight excluding hydrogens is 514 g/mol. The van der Waals surface area contributed by atoms with Gasteiger partial charge in [0.05, 0.1) is 11.6 Å². The van der Waals surface area contributed by atoms with E-state index in [1.54, 1.807) is 42.5 Å². The molecule has 0 radical (unpaired) electrons. The van der Waals surface area contributed by atoms with Gasteiger partial charge in [0.1, 0.15) is 24.1 Å². The molecule has 0 aliphatic carbocycles. The van der Waals surface area contributed by atoms with Crippen LogP contribution >= 0.6 is 11.6 Å². The number of nitrogens with one attached hydrogen (secondary N) is 2. The quantitative estimate of drug-likeness (QED) is 0.326. The monoisotopic (exact) mass is 545 g/mol. The molecule has 0 spiro atoms. The molecule has 3 rings (SSSR count). The second kappa shape index (κ2) is 13.4. The van der Waals surface area contributed by atoms with E-state index in [0.29, 0.717) is 35.4 Å². The Hall–Kier alpha value is -3.11. The number of halogens is 1. The van der Waals surface area contributed by atoms with Crippen LogP contribution in [0.4, 0.5) is 5.69 Å². The van der Waals surface area contributed by atoms with E-state index in [9.17, 15) is 13.2 Å². The highest BCUT2D eigenvalue weighted by molar-refractivity contribution is 7.87. The number of carbonyl (C=O) groups excluding carboxylic acids is 1. The van der Waals surface area contributed by atoms with Gasteiger partial charge in [-0.2, -0.15) is 17.4 Å². The van der Waals surface area contributed by atoms with E-state index in [0.717, 1.165) is 21.9 Å². The Kier molecular flexibility index (Phi) is 10.3. The normalized spacial score (nSPS) is 12.2. The number of carbonyl (C=O) groups is 1. The van der Waals surface area contributed by atoms with Crippen LogP contribution in [0.25, 0.3) is 0 Å². The Morgan fingerprint density at radius 1 is 0.973 bits per heavy atom. The number of ether oxygens (including phenoxy) is 2. The topological polar surface area (TPSA) is 97.0 Å². The molecule has 1 unspecified atom stereocenters. The van der Waals surface area contributed by atoms with Crippen LogP contribution < -0.4 is 19.5 Å². The van der Waals surface area contributed by atoms with Gasteiger partial charge in [-0.1, -0.05) is 61.0 Å². The molecule has 0 aliphatic heterocycles. The molecule has 37 heavy (non-hydrogen) atoms. The summed E-state index contributed by atoms with van der Waals surface area (Å²) >= 11 is 6.28. The Bertz CT molecular complexity index is 1270. The van der Waals surface area contributed by atoms with E-state index < -0.39 is 22.2 Å². The minimum absolute atomic E-state index is 0.128. The molecule has 0 heterocycles. The summed E-state index contributed by atoms with van der Waals surface area (Å²) in [5.74, 6) is 0.663. The van der Waals surface area contributed by atoms with Crippen molar-refractivity contribution in [1.29, 1.82) is 0 Å². The van der Waals surface area contributed by atoms with E-state index in [1.807, 2.05) is 37.3 Å². The lowest BCUT2D eigenvalue weighted by Crippen LogP contribution is -2.49. The largest absolute Gasteiger partial charge is 0.492 e. The van der Waals surface area contributed by atoms with Crippen LogP contribution in [0.1, 0.15) is 24.5 Å². The molecule has 10 heteroatoms. The van der Waals surface area contributed by atoms with E-state index in [4.69, 9.17) is 21.1 Å². The first-order valence-corrected chi connectivity index (χ1v) is 13.7. The zero-order chi connectivity index (χ0) is 26.8. The molecule has 0 aromatic heterocycles. The zero-order valence-electron chi connectivity index (χ0n) is 21.1. The fourth-order valence-electron chi connectivity index (χ4n) is 3.31. The van der Waals surface area contributed by atoms with Crippen molar-refractivity contribution in [2.75, 3.05) is 26.0 Å². The van der Waals surface area contributed by atoms with Gasteiger partial charge in [-0.05, 0) is 54.3 Å². The third-order valence-electron chi connectivity index (χ3n) is 5.36. The Balaban J connectivity index is 1.71. The molecule has 2 N–H and O–H groups in total. The first-order chi connectivity index (χ1) is 17.7. The van der Waals surface area contributed by atoms with E-state index in [1.165, 1.54) is 14.1 Å². The van der Waals surface area contributed by atoms with Crippen LogP contribution in [0.5, 0.6) is 11.5 Å². The van der Waals surface area contributed by atoms with Gasteiger partial charge in [-0.15, -0.1) is 0 Å². The highest BCUT2D eigenvalue weighted by atomic mass is 35.5. The maximum atomic E-state index is 13.2. The number of hydrogen-bond acceptors (Lipinski definition) is 5. The molecule has 0 bridgehead atoms. The van der Waals surface area contributed by atoms with Crippen molar-refractivity contribution in [3.63, 3.8) is 0 Å². The van der Waals surface area contributed by atoms with Crippen molar-refractivity contribution in [1.82, 2.24) is 9.03 Å². The lowest BCUT2D eigenvalue weighted by molar-refractivity contribution is -0.117. The maximum absolute atomic E-state index is 13.2. The second-order valence-electron chi connectivity index (χ2n) is 8.56. The molecule has 0 fully saturated rings. The molecule has 3 aromatic carbocycles. The number of rotatable bonds is 13. The number of hydrogen-bond donors (Lipinski definition) is 2. The van der Waals surface area contributed by atoms with Crippen molar-refractivity contribution < 1.29 is 22.7 Å². The molecule has 8 nitrogen and oxygen atoms in total. The van der Waals surface area contributed by atoms with Gasteiger partial charge in [0.15, 0.2) is 0 Å². The van der Waals surface area contributed by atoms with E-state index >= 15 is 0 Å². The van der Waals surface area contributed by atoms with Crippen LogP contribution in [0.15, 0.2) is 72.8 Å². The highest BCUT2D eigenvalue weighted by Crippen LogP contribution is 2.28. The predicted molar refractivity (Wildman–Crippen MR) is 146 cm³/mol. The summed E-state index contributed by atoms with van der Waals surface area (Å²) < 4.78 is 39.9. The number of nitrogens with zero attached hydrogens (tertiary/aromatic N) is 1. The highest BCUT2D eigenvalue weighted by Gasteiger charge is 2.26. The van der Waals surface area contributed by atoms with Gasteiger partial charge >= 0.3 is 0 Å². The van der Waals surface area contributed by atoms with E-state index in [-0.39, 0.29) is 6.42 Å². The van der Waals surface area contributed by atoms with Gasteiger partial charge in [0.25, 0.3) is 10.2 Å². The standard InChI is InChI=1S/C27H32ClN3O5S/c1-4-16-35-26-15-12-22(18-24(26)28)29-27(32)25(30-37(33,34)31(2)3)17-20-10-13-23(14-11-20)36-19-21-8-6-5-7-9-21/h5-15,18,25,30H,4,16-17,19H2,1-3H3,(H,29,32). The summed E-state index contributed by atoms with van der Waals surface area (Å²) in [5, 5.41) is 3.10. The van der Waals surface area contributed by atoms with Gasteiger partial charge in [-0.3, -0.25) is 4.79 Å². The molecule has 3 aromatic rings. The summed E-state index contributed by atoms with van der Waals surface area (Å²) in [6, 6.07) is 20.8. The summed E-state index contributed by atoms with van der Waals surface area (Å²) in [5.41, 5.74) is 2.24. The Labute approximate surface area is 223 Å². The third-order valence-corrected chi connectivity index (χ3v) is 7.20. The van der Waals surface area contributed by atoms with Crippen LogP contribution in [0.2, 0.25) is 5.02 Å². The molecule has 0 saturated heterocycles. The lowest BCUT2D eigenvalue weighted by atomic mass is 10.1. The average Bonchev–Trinajstić information content (AvgIpc) is 2.88. The summed E-state index contributed by atoms with van der Waals surface area (Å²) in [7, 11) is -1.09. The van der Waals surface area contributed by atoms with Crippen molar-refractivity contribution in [3.8, 4) is 11.5 Å². The molecule has 1 atom stereocenters. The first-order valence-electron chi connectivity index (χ1n) is 11.9. The zero-order valence-corrected chi connectivity index (χ0v) is 22.7. The van der Waals surface area contributed by atoms with Gasteiger partial charge in [0, 0.05) is 19.8 Å². The lowest BCUT2D eigenvalue weighted by Gasteiger charge is -2.21. The maximum Gasteiger partial charge on any atom is 0.279 e. The molecule has 0 saturated carbocycles. The molecule has 0 aliphatic rings.